The molecule has 0 aliphatic carbocycles. The molecule has 9 heteroatoms. The lowest BCUT2D eigenvalue weighted by Gasteiger charge is -2.20. The predicted octanol–water partition coefficient (Wildman–Crippen LogP) is 4.03. The van der Waals surface area contributed by atoms with E-state index < -0.39 is 11.8 Å². The van der Waals surface area contributed by atoms with Gasteiger partial charge in [-0.25, -0.2) is 4.99 Å². The number of hydrogen-bond donors (Lipinski definition) is 2. The molecule has 0 fully saturated rings. The number of hydrazine groups is 1. The van der Waals surface area contributed by atoms with Crippen LogP contribution >= 0.6 is 0 Å². The summed E-state index contributed by atoms with van der Waals surface area (Å²) in [5, 5.41) is 3.79. The molecule has 0 bridgehead atoms. The smallest absolute Gasteiger partial charge is 0.297 e. The largest absolute Gasteiger partial charge is 0.497 e. The first-order valence-corrected chi connectivity index (χ1v) is 11.6. The lowest BCUT2D eigenvalue weighted by Crippen LogP contribution is -2.47. The molecule has 0 saturated carbocycles. The van der Waals surface area contributed by atoms with E-state index in [1.807, 2.05) is 30.3 Å². The number of methoxy groups -OCH3 is 1. The van der Waals surface area contributed by atoms with E-state index >= 15 is 0 Å². The van der Waals surface area contributed by atoms with Crippen LogP contribution in [0.25, 0.3) is 6.08 Å². The third-order valence-corrected chi connectivity index (χ3v) is 5.37. The molecule has 4 rings (SSSR count). The Kier molecular flexibility index (Phi) is 7.63. The normalized spacial score (nSPS) is 13.8. The first-order valence-electron chi connectivity index (χ1n) is 11.6. The molecule has 0 saturated heterocycles. The highest BCUT2D eigenvalue weighted by atomic mass is 16.5. The second kappa shape index (κ2) is 11.2. The Balaban J connectivity index is 1.66. The number of carbonyl (C=O) groups is 3. The average molecular weight is 499 g/mol. The molecule has 0 aromatic heterocycles. The second-order valence-electron chi connectivity index (χ2n) is 8.01. The van der Waals surface area contributed by atoms with Crippen molar-refractivity contribution in [1.29, 1.82) is 0 Å². The van der Waals surface area contributed by atoms with E-state index in [0.29, 0.717) is 23.6 Å². The van der Waals surface area contributed by atoms with Crippen LogP contribution in [0.5, 0.6) is 11.5 Å². The highest BCUT2D eigenvalue weighted by molar-refractivity contribution is 6.20. The number of aliphatic imine (C=N–C) groups is 1. The van der Waals surface area contributed by atoms with E-state index in [1.165, 1.54) is 13.0 Å². The van der Waals surface area contributed by atoms with Gasteiger partial charge in [-0.05, 0) is 42.8 Å². The van der Waals surface area contributed by atoms with Crippen molar-refractivity contribution in [2.45, 2.75) is 13.8 Å². The minimum atomic E-state index is -0.569. The number of rotatable bonds is 8. The van der Waals surface area contributed by atoms with Crippen LogP contribution < -0.4 is 20.2 Å². The first-order chi connectivity index (χ1) is 17.9. The zero-order valence-electron chi connectivity index (χ0n) is 20.6. The third-order valence-electron chi connectivity index (χ3n) is 5.37. The van der Waals surface area contributed by atoms with Crippen LogP contribution in [0.1, 0.15) is 35.3 Å². The quantitative estimate of drug-likeness (QED) is 0.456. The number of ether oxygens (including phenoxy) is 2. The number of benzene rings is 3. The molecule has 0 radical (unpaired) electrons. The fourth-order valence-electron chi connectivity index (χ4n) is 3.69. The Morgan fingerprint density at radius 1 is 1.03 bits per heavy atom. The summed E-state index contributed by atoms with van der Waals surface area (Å²) in [6.45, 7) is 3.48. The lowest BCUT2D eigenvalue weighted by atomic mass is 10.1. The summed E-state index contributed by atoms with van der Waals surface area (Å²) in [4.78, 5) is 42.7. The van der Waals surface area contributed by atoms with Gasteiger partial charge in [-0.1, -0.05) is 42.5 Å². The predicted molar refractivity (Wildman–Crippen MR) is 140 cm³/mol. The number of amides is 3. The van der Waals surface area contributed by atoms with Crippen molar-refractivity contribution in [2.24, 2.45) is 4.99 Å². The average Bonchev–Trinajstić information content (AvgIpc) is 3.19. The van der Waals surface area contributed by atoms with Crippen molar-refractivity contribution in [3.63, 3.8) is 0 Å². The van der Waals surface area contributed by atoms with Crippen LogP contribution in [-0.2, 0) is 9.59 Å². The molecular formula is C28H26N4O5. The summed E-state index contributed by atoms with van der Waals surface area (Å²) in [6, 6.07) is 21.0. The number of amidine groups is 1. The highest BCUT2D eigenvalue weighted by Crippen LogP contribution is 2.26. The van der Waals surface area contributed by atoms with Crippen molar-refractivity contribution in [3.05, 3.63) is 95.2 Å². The molecule has 3 aromatic carbocycles. The fraction of sp³-hybridized carbons (Fsp3) is 0.143. The topological polar surface area (TPSA) is 109 Å². The fourth-order valence-corrected chi connectivity index (χ4v) is 3.69. The molecule has 1 aliphatic heterocycles. The Morgan fingerprint density at radius 3 is 2.41 bits per heavy atom. The molecule has 0 unspecified atom stereocenters. The number of anilines is 1. The van der Waals surface area contributed by atoms with Crippen LogP contribution in [0.2, 0.25) is 0 Å². The van der Waals surface area contributed by atoms with Gasteiger partial charge in [0.05, 0.1) is 19.3 Å². The summed E-state index contributed by atoms with van der Waals surface area (Å²) < 4.78 is 10.8. The van der Waals surface area contributed by atoms with E-state index in [0.717, 1.165) is 10.6 Å². The lowest BCUT2D eigenvalue weighted by molar-refractivity contribution is -0.124. The molecule has 37 heavy (non-hydrogen) atoms. The van der Waals surface area contributed by atoms with Gasteiger partial charge in [0.1, 0.15) is 17.2 Å². The third kappa shape index (κ3) is 5.84. The maximum Gasteiger partial charge on any atom is 0.297 e. The van der Waals surface area contributed by atoms with Gasteiger partial charge in [-0.2, -0.15) is 5.01 Å². The van der Waals surface area contributed by atoms with Gasteiger partial charge in [0.25, 0.3) is 11.8 Å². The van der Waals surface area contributed by atoms with E-state index in [2.05, 4.69) is 15.7 Å². The van der Waals surface area contributed by atoms with Gasteiger partial charge in [0.15, 0.2) is 5.84 Å². The van der Waals surface area contributed by atoms with Crippen LogP contribution in [-0.4, -0.2) is 42.3 Å². The summed E-state index contributed by atoms with van der Waals surface area (Å²) in [5.74, 6) is -0.0629. The van der Waals surface area contributed by atoms with Crippen LogP contribution in [0.3, 0.4) is 0 Å². The van der Waals surface area contributed by atoms with Crippen molar-refractivity contribution in [2.75, 3.05) is 19.0 Å². The minimum Gasteiger partial charge on any atom is -0.497 e. The molecule has 0 atom stereocenters. The Hall–Kier alpha value is -4.92. The molecule has 1 heterocycles. The molecule has 9 nitrogen and oxygen atoms in total. The maximum atomic E-state index is 13.4. The number of hydrogen-bond acceptors (Lipinski definition) is 6. The Bertz CT molecular complexity index is 1380. The maximum absolute atomic E-state index is 13.4. The minimum absolute atomic E-state index is 0.162. The van der Waals surface area contributed by atoms with Crippen LogP contribution in [0.15, 0.2) is 83.5 Å². The monoisotopic (exact) mass is 498 g/mol. The SMILES string of the molecule is CCOc1cc(NC(C)=O)ccc1C(=O)NN1C(=O)C(=Cc2ccc(OC)cc2)N=C1c1ccccc1. The van der Waals surface area contributed by atoms with Crippen molar-refractivity contribution in [3.8, 4) is 11.5 Å². The molecule has 3 amide bonds. The van der Waals surface area contributed by atoms with Crippen molar-refractivity contribution >= 4 is 35.3 Å². The van der Waals surface area contributed by atoms with E-state index in [-0.39, 0.29) is 28.8 Å². The van der Waals surface area contributed by atoms with E-state index in [4.69, 9.17) is 9.47 Å². The van der Waals surface area contributed by atoms with Gasteiger partial charge in [-0.3, -0.25) is 19.8 Å². The highest BCUT2D eigenvalue weighted by Gasteiger charge is 2.33. The van der Waals surface area contributed by atoms with Gasteiger partial charge in [0, 0.05) is 24.2 Å². The van der Waals surface area contributed by atoms with Crippen LogP contribution in [0, 0.1) is 0 Å². The molecule has 0 spiro atoms. The van der Waals surface area contributed by atoms with Crippen molar-refractivity contribution < 1.29 is 23.9 Å². The molecule has 2 N–H and O–H groups in total. The standard InChI is InChI=1S/C28H26N4O5/c1-4-37-25-17-21(29-18(2)33)12-15-23(25)27(34)31-32-26(20-8-6-5-7-9-20)30-24(28(32)35)16-19-10-13-22(36-3)14-11-19/h5-17H,4H2,1-3H3,(H,29,33)(H,31,34). The summed E-state index contributed by atoms with van der Waals surface area (Å²) in [6.07, 6.45) is 1.64. The summed E-state index contributed by atoms with van der Waals surface area (Å²) in [7, 11) is 1.58. The number of nitrogens with zero attached hydrogens (tertiary/aromatic N) is 2. The molecular weight excluding hydrogens is 472 g/mol. The molecule has 3 aromatic rings. The van der Waals surface area contributed by atoms with Gasteiger partial charge < -0.3 is 14.8 Å². The summed E-state index contributed by atoms with van der Waals surface area (Å²) >= 11 is 0. The van der Waals surface area contributed by atoms with Gasteiger partial charge in [-0.15, -0.1) is 0 Å². The van der Waals surface area contributed by atoms with E-state index in [1.54, 1.807) is 56.5 Å². The molecule has 188 valence electrons. The van der Waals surface area contributed by atoms with Crippen molar-refractivity contribution in [1.82, 2.24) is 10.4 Å². The molecule has 1 aliphatic rings. The summed E-state index contributed by atoms with van der Waals surface area (Å²) in [5.41, 5.74) is 4.92. The number of carbonyl (C=O) groups excluding carboxylic acids is 3. The zero-order chi connectivity index (χ0) is 26.4. The Labute approximate surface area is 214 Å². The number of nitrogens with one attached hydrogen (secondary N) is 2. The first kappa shape index (κ1) is 25.2. The second-order valence-corrected chi connectivity index (χ2v) is 8.01. The zero-order valence-corrected chi connectivity index (χ0v) is 20.6. The van der Waals surface area contributed by atoms with Crippen LogP contribution in [0.4, 0.5) is 5.69 Å². The van der Waals surface area contributed by atoms with Gasteiger partial charge >= 0.3 is 0 Å². The van der Waals surface area contributed by atoms with E-state index in [9.17, 15) is 14.4 Å². The van der Waals surface area contributed by atoms with Gasteiger partial charge in [0.2, 0.25) is 5.91 Å². The Morgan fingerprint density at radius 2 is 1.76 bits per heavy atom.